The first-order chi connectivity index (χ1) is 13.2. The molecular weight excluding hydrogens is 493 g/mol. The predicted molar refractivity (Wildman–Crippen MR) is 125 cm³/mol. The minimum Gasteiger partial charge on any atom is -0.493 e. The molecule has 0 amide bonds. The van der Waals surface area contributed by atoms with E-state index in [0.29, 0.717) is 24.8 Å². The van der Waals surface area contributed by atoms with E-state index < -0.39 is 0 Å². The SMILES string of the molecule is CCNC(=NCc1ccc(Cl)cc1OCC)NCCCOCC1CCCO1.I. The molecule has 0 radical (unpaired) electrons. The zero-order valence-electron chi connectivity index (χ0n) is 16.8. The van der Waals surface area contributed by atoms with Crippen molar-refractivity contribution < 1.29 is 14.2 Å². The molecule has 2 N–H and O–H groups in total. The van der Waals surface area contributed by atoms with Crippen LogP contribution in [0, 0.1) is 0 Å². The van der Waals surface area contributed by atoms with Gasteiger partial charge >= 0.3 is 0 Å². The predicted octanol–water partition coefficient (Wildman–Crippen LogP) is 4.00. The van der Waals surface area contributed by atoms with Crippen LogP contribution >= 0.6 is 35.6 Å². The van der Waals surface area contributed by atoms with Crippen molar-refractivity contribution in [3.05, 3.63) is 28.8 Å². The molecule has 1 aliphatic rings. The lowest BCUT2D eigenvalue weighted by Crippen LogP contribution is -2.38. The van der Waals surface area contributed by atoms with Gasteiger partial charge in [-0.15, -0.1) is 24.0 Å². The molecule has 1 heterocycles. The third kappa shape index (κ3) is 9.62. The number of aliphatic imine (C=N–C) groups is 1. The van der Waals surface area contributed by atoms with Crippen molar-refractivity contribution in [2.24, 2.45) is 4.99 Å². The third-order valence-corrected chi connectivity index (χ3v) is 4.40. The van der Waals surface area contributed by atoms with Crippen LogP contribution in [0.4, 0.5) is 0 Å². The Hall–Kier alpha value is -0.770. The van der Waals surface area contributed by atoms with Crippen molar-refractivity contribution in [1.82, 2.24) is 10.6 Å². The molecule has 1 atom stereocenters. The minimum atomic E-state index is 0. The third-order valence-electron chi connectivity index (χ3n) is 4.17. The van der Waals surface area contributed by atoms with E-state index >= 15 is 0 Å². The maximum Gasteiger partial charge on any atom is 0.191 e. The first-order valence-electron chi connectivity index (χ1n) is 9.85. The van der Waals surface area contributed by atoms with Crippen molar-refractivity contribution >= 4 is 41.5 Å². The number of guanidine groups is 1. The average molecular weight is 526 g/mol. The van der Waals surface area contributed by atoms with Gasteiger partial charge in [-0.05, 0) is 45.2 Å². The van der Waals surface area contributed by atoms with Gasteiger partial charge in [0.05, 0.1) is 25.9 Å². The van der Waals surface area contributed by atoms with Crippen LogP contribution in [0.2, 0.25) is 5.02 Å². The van der Waals surface area contributed by atoms with Gasteiger partial charge in [-0.3, -0.25) is 0 Å². The fraction of sp³-hybridized carbons (Fsp3) is 0.650. The second-order valence-electron chi connectivity index (χ2n) is 6.37. The fourth-order valence-corrected chi connectivity index (χ4v) is 2.99. The van der Waals surface area contributed by atoms with Gasteiger partial charge in [0.1, 0.15) is 5.75 Å². The molecule has 0 bridgehead atoms. The quantitative estimate of drug-likeness (QED) is 0.198. The molecule has 1 unspecified atom stereocenters. The Morgan fingerprint density at radius 3 is 2.89 bits per heavy atom. The lowest BCUT2D eigenvalue weighted by Gasteiger charge is -2.13. The maximum atomic E-state index is 6.06. The van der Waals surface area contributed by atoms with Crippen LogP contribution in [-0.2, 0) is 16.0 Å². The number of rotatable bonds is 11. The molecule has 1 aromatic carbocycles. The molecule has 6 nitrogen and oxygen atoms in total. The first-order valence-corrected chi connectivity index (χ1v) is 10.2. The van der Waals surface area contributed by atoms with E-state index in [2.05, 4.69) is 22.5 Å². The normalized spacial score (nSPS) is 16.5. The highest BCUT2D eigenvalue weighted by Crippen LogP contribution is 2.24. The summed E-state index contributed by atoms with van der Waals surface area (Å²) in [6.07, 6.45) is 3.47. The van der Waals surface area contributed by atoms with Crippen LogP contribution in [0.1, 0.15) is 38.7 Å². The number of nitrogens with zero attached hydrogens (tertiary/aromatic N) is 1. The summed E-state index contributed by atoms with van der Waals surface area (Å²) in [6, 6.07) is 5.65. The van der Waals surface area contributed by atoms with E-state index in [1.165, 1.54) is 0 Å². The molecule has 28 heavy (non-hydrogen) atoms. The Morgan fingerprint density at radius 1 is 1.32 bits per heavy atom. The molecular formula is C20H33ClIN3O3. The standard InChI is InChI=1S/C20H32ClN3O3.HI/c1-3-22-20(23-10-6-11-25-15-18-7-5-12-27-18)24-14-16-8-9-17(21)13-19(16)26-4-2;/h8-9,13,18H,3-7,10-12,14-15H2,1-2H3,(H2,22,23,24);1H. The molecule has 1 aliphatic heterocycles. The van der Waals surface area contributed by atoms with Crippen LogP contribution in [0.3, 0.4) is 0 Å². The van der Waals surface area contributed by atoms with Gasteiger partial charge in [-0.2, -0.15) is 0 Å². The number of nitrogens with one attached hydrogen (secondary N) is 2. The number of hydrogen-bond donors (Lipinski definition) is 2. The van der Waals surface area contributed by atoms with E-state index in [1.807, 2.05) is 25.1 Å². The molecule has 0 spiro atoms. The Balaban J connectivity index is 0.00000392. The highest BCUT2D eigenvalue weighted by atomic mass is 127. The zero-order valence-corrected chi connectivity index (χ0v) is 19.9. The van der Waals surface area contributed by atoms with Crippen LogP contribution in [-0.4, -0.2) is 51.6 Å². The number of halogens is 2. The smallest absolute Gasteiger partial charge is 0.191 e. The van der Waals surface area contributed by atoms with Crippen LogP contribution in [0.25, 0.3) is 0 Å². The Bertz CT molecular complexity index is 584. The zero-order chi connectivity index (χ0) is 19.3. The van der Waals surface area contributed by atoms with Crippen LogP contribution in [0.15, 0.2) is 23.2 Å². The highest BCUT2D eigenvalue weighted by molar-refractivity contribution is 14.0. The van der Waals surface area contributed by atoms with Crippen molar-refractivity contribution in [3.8, 4) is 5.75 Å². The summed E-state index contributed by atoms with van der Waals surface area (Å²) in [5.74, 6) is 1.57. The summed E-state index contributed by atoms with van der Waals surface area (Å²) in [4.78, 5) is 4.65. The van der Waals surface area contributed by atoms with Gasteiger partial charge in [0.2, 0.25) is 0 Å². The fourth-order valence-electron chi connectivity index (χ4n) is 2.83. The second-order valence-corrected chi connectivity index (χ2v) is 6.81. The number of benzene rings is 1. The lowest BCUT2D eigenvalue weighted by atomic mass is 10.2. The average Bonchev–Trinajstić information content (AvgIpc) is 3.17. The first kappa shape index (κ1) is 25.3. The Labute approximate surface area is 190 Å². The summed E-state index contributed by atoms with van der Waals surface area (Å²) in [5.41, 5.74) is 1.01. The number of hydrogen-bond acceptors (Lipinski definition) is 4. The summed E-state index contributed by atoms with van der Waals surface area (Å²) < 4.78 is 16.9. The maximum absolute atomic E-state index is 6.06. The topological polar surface area (TPSA) is 64.1 Å². The van der Waals surface area contributed by atoms with E-state index in [0.717, 1.165) is 62.8 Å². The van der Waals surface area contributed by atoms with Gasteiger partial charge in [0.15, 0.2) is 5.96 Å². The summed E-state index contributed by atoms with van der Waals surface area (Å²) in [7, 11) is 0. The molecule has 0 aromatic heterocycles. The Morgan fingerprint density at radius 2 is 2.18 bits per heavy atom. The van der Waals surface area contributed by atoms with E-state index in [1.54, 1.807) is 0 Å². The largest absolute Gasteiger partial charge is 0.493 e. The van der Waals surface area contributed by atoms with Crippen molar-refractivity contribution in [3.63, 3.8) is 0 Å². The molecule has 1 aromatic rings. The second kappa shape index (κ2) is 15.1. The van der Waals surface area contributed by atoms with Gasteiger partial charge in [0, 0.05) is 36.9 Å². The summed E-state index contributed by atoms with van der Waals surface area (Å²) in [6.45, 7) is 9.03. The van der Waals surface area contributed by atoms with E-state index in [4.69, 9.17) is 25.8 Å². The molecule has 2 rings (SSSR count). The monoisotopic (exact) mass is 525 g/mol. The van der Waals surface area contributed by atoms with Gasteiger partial charge in [0.25, 0.3) is 0 Å². The summed E-state index contributed by atoms with van der Waals surface area (Å²) in [5, 5.41) is 7.27. The highest BCUT2D eigenvalue weighted by Gasteiger charge is 2.14. The van der Waals surface area contributed by atoms with Crippen molar-refractivity contribution in [2.45, 2.75) is 45.8 Å². The molecule has 1 fully saturated rings. The van der Waals surface area contributed by atoms with Gasteiger partial charge in [-0.25, -0.2) is 4.99 Å². The molecule has 8 heteroatoms. The Kier molecular flexibility index (Phi) is 13.6. The van der Waals surface area contributed by atoms with Crippen molar-refractivity contribution in [1.29, 1.82) is 0 Å². The van der Waals surface area contributed by atoms with E-state index in [9.17, 15) is 0 Å². The lowest BCUT2D eigenvalue weighted by molar-refractivity contribution is 0.0168. The van der Waals surface area contributed by atoms with Crippen LogP contribution < -0.4 is 15.4 Å². The minimum absolute atomic E-state index is 0. The molecule has 0 aliphatic carbocycles. The van der Waals surface area contributed by atoms with Crippen LogP contribution in [0.5, 0.6) is 5.75 Å². The molecule has 160 valence electrons. The molecule has 1 saturated heterocycles. The number of ether oxygens (including phenoxy) is 3. The van der Waals surface area contributed by atoms with Gasteiger partial charge < -0.3 is 24.8 Å². The van der Waals surface area contributed by atoms with Gasteiger partial charge in [-0.1, -0.05) is 17.7 Å². The molecule has 0 saturated carbocycles. The van der Waals surface area contributed by atoms with Crippen molar-refractivity contribution in [2.75, 3.05) is 39.5 Å². The summed E-state index contributed by atoms with van der Waals surface area (Å²) >= 11 is 6.06. The van der Waals surface area contributed by atoms with E-state index in [-0.39, 0.29) is 30.1 Å².